The van der Waals surface area contributed by atoms with Crippen LogP contribution in [0, 0.1) is 10.8 Å². The first-order valence-electron chi connectivity index (χ1n) is 4.66. The zero-order valence-electron chi connectivity index (χ0n) is 9.22. The fourth-order valence-corrected chi connectivity index (χ4v) is 2.33. The van der Waals surface area contributed by atoms with Gasteiger partial charge in [0.2, 0.25) is 0 Å². The van der Waals surface area contributed by atoms with Gasteiger partial charge in [-0.05, 0) is 24.3 Å². The number of alkyl halides is 1. The predicted octanol–water partition coefficient (Wildman–Crippen LogP) is 0.250. The summed E-state index contributed by atoms with van der Waals surface area (Å²) in [6.45, 7) is 0. The number of nitrogens with zero attached hydrogens (tertiary/aromatic N) is 1. The number of nitrogens with two attached hydrogens (primary N) is 2. The van der Waals surface area contributed by atoms with Gasteiger partial charge in [0.1, 0.15) is 5.21 Å². The Bertz CT molecular complexity index is 555. The molecule has 6 N–H and O–H groups in total. The molecule has 9 heteroatoms. The molecular formula is C9H12ClN5O2S. The minimum Gasteiger partial charge on any atom is -0.369 e. The summed E-state index contributed by atoms with van der Waals surface area (Å²) in [7, 11) is -3.50. The Morgan fingerprint density at radius 3 is 1.94 bits per heavy atom. The second-order valence-electron chi connectivity index (χ2n) is 3.32. The molecule has 0 bridgehead atoms. The second-order valence-corrected chi connectivity index (χ2v) is 5.90. The molecule has 18 heavy (non-hydrogen) atoms. The molecule has 0 spiro atoms. The topological polar surface area (TPSA) is 137 Å². The zero-order valence-corrected chi connectivity index (χ0v) is 10.8. The van der Waals surface area contributed by atoms with Gasteiger partial charge in [0.15, 0.2) is 21.8 Å². The van der Waals surface area contributed by atoms with E-state index in [0.717, 1.165) is 4.90 Å². The van der Waals surface area contributed by atoms with Crippen LogP contribution in [0.2, 0.25) is 0 Å². The van der Waals surface area contributed by atoms with Gasteiger partial charge in [-0.1, -0.05) is 0 Å². The van der Waals surface area contributed by atoms with E-state index in [1.807, 2.05) is 0 Å². The van der Waals surface area contributed by atoms with Crippen LogP contribution < -0.4 is 16.4 Å². The van der Waals surface area contributed by atoms with Crippen molar-refractivity contribution >= 4 is 39.0 Å². The number of rotatable bonds is 3. The van der Waals surface area contributed by atoms with Crippen molar-refractivity contribution in [2.45, 2.75) is 4.90 Å². The van der Waals surface area contributed by atoms with Crippen molar-refractivity contribution in [1.82, 2.24) is 0 Å². The molecule has 0 aliphatic carbocycles. The maximum absolute atomic E-state index is 11.5. The number of hydrogen-bond acceptors (Lipinski definition) is 4. The van der Waals surface area contributed by atoms with Crippen LogP contribution >= 0.6 is 11.6 Å². The number of nitrogens with one attached hydrogen (secondary N) is 2. The first-order chi connectivity index (χ1) is 8.29. The van der Waals surface area contributed by atoms with Gasteiger partial charge in [0, 0.05) is 0 Å². The van der Waals surface area contributed by atoms with Crippen molar-refractivity contribution in [3.63, 3.8) is 0 Å². The molecule has 1 aromatic rings. The van der Waals surface area contributed by atoms with Gasteiger partial charge in [-0.15, -0.1) is 11.6 Å². The SMILES string of the molecule is N=C(N)N(C(=N)N)c1ccc(S(=O)(=O)CCl)cc1. The summed E-state index contributed by atoms with van der Waals surface area (Å²) in [4.78, 5) is 1.00. The summed E-state index contributed by atoms with van der Waals surface area (Å²) in [5, 5.41) is 14.0. The molecule has 0 fully saturated rings. The third-order valence-corrected chi connectivity index (χ3v) is 4.22. The van der Waals surface area contributed by atoms with Gasteiger partial charge < -0.3 is 11.5 Å². The molecule has 0 aliphatic rings. The fraction of sp³-hybridized carbons (Fsp3) is 0.111. The molecule has 0 unspecified atom stereocenters. The smallest absolute Gasteiger partial charge is 0.200 e. The van der Waals surface area contributed by atoms with Crippen LogP contribution in [0.1, 0.15) is 0 Å². The highest BCUT2D eigenvalue weighted by Gasteiger charge is 2.16. The van der Waals surface area contributed by atoms with Gasteiger partial charge in [-0.25, -0.2) is 8.42 Å². The van der Waals surface area contributed by atoms with Crippen LogP contribution in [0.5, 0.6) is 0 Å². The molecule has 98 valence electrons. The molecule has 0 aliphatic heterocycles. The summed E-state index contributed by atoms with van der Waals surface area (Å²) in [6, 6.07) is 5.41. The first kappa shape index (κ1) is 14.3. The molecule has 0 aromatic heterocycles. The molecule has 0 radical (unpaired) electrons. The van der Waals surface area contributed by atoms with E-state index < -0.39 is 27.0 Å². The Morgan fingerprint density at radius 1 is 1.17 bits per heavy atom. The van der Waals surface area contributed by atoms with Crippen molar-refractivity contribution in [3.8, 4) is 0 Å². The van der Waals surface area contributed by atoms with E-state index in [4.69, 9.17) is 33.9 Å². The molecule has 1 aromatic carbocycles. The van der Waals surface area contributed by atoms with Crippen LogP contribution in [0.25, 0.3) is 0 Å². The highest BCUT2D eigenvalue weighted by molar-refractivity contribution is 7.92. The number of sulfone groups is 1. The van der Waals surface area contributed by atoms with Crippen molar-refractivity contribution < 1.29 is 8.42 Å². The van der Waals surface area contributed by atoms with Gasteiger partial charge in [0.05, 0.1) is 10.6 Å². The lowest BCUT2D eigenvalue weighted by Gasteiger charge is -2.20. The van der Waals surface area contributed by atoms with Crippen LogP contribution in [-0.2, 0) is 9.84 Å². The minimum atomic E-state index is -3.50. The highest BCUT2D eigenvalue weighted by atomic mass is 35.5. The first-order valence-corrected chi connectivity index (χ1v) is 6.85. The maximum Gasteiger partial charge on any atom is 0.200 e. The number of halogens is 1. The van der Waals surface area contributed by atoms with Gasteiger partial charge in [-0.3, -0.25) is 15.7 Å². The standard InChI is InChI=1S/C9H12ClN5O2S/c10-5-18(16,17)7-3-1-6(2-4-7)15(8(11)12)9(13)14/h1-4H,5H2,(H3,11,12)(H3,13,14). The van der Waals surface area contributed by atoms with Gasteiger partial charge in [0.25, 0.3) is 0 Å². The number of hydrogen-bond donors (Lipinski definition) is 4. The van der Waals surface area contributed by atoms with Crippen LogP contribution in [-0.4, -0.2) is 25.5 Å². The Hall–Kier alpha value is -1.80. The molecule has 0 amide bonds. The lowest BCUT2D eigenvalue weighted by Crippen LogP contribution is -2.45. The van der Waals surface area contributed by atoms with E-state index in [-0.39, 0.29) is 4.90 Å². The largest absolute Gasteiger partial charge is 0.369 e. The number of benzene rings is 1. The minimum absolute atomic E-state index is 0.0494. The Morgan fingerprint density at radius 2 is 1.61 bits per heavy atom. The lowest BCUT2D eigenvalue weighted by molar-refractivity contribution is 0.600. The molecule has 1 rings (SSSR count). The lowest BCUT2D eigenvalue weighted by atomic mass is 10.3. The molecule has 0 saturated heterocycles. The van der Waals surface area contributed by atoms with Crippen LogP contribution in [0.3, 0.4) is 0 Å². The number of anilines is 1. The second kappa shape index (κ2) is 5.23. The van der Waals surface area contributed by atoms with E-state index in [2.05, 4.69) is 0 Å². The fourth-order valence-electron chi connectivity index (χ4n) is 1.27. The molecule has 7 nitrogen and oxygen atoms in total. The van der Waals surface area contributed by atoms with Crippen LogP contribution in [0.15, 0.2) is 29.2 Å². The third kappa shape index (κ3) is 2.90. The Kier molecular flexibility index (Phi) is 4.15. The average molecular weight is 290 g/mol. The van der Waals surface area contributed by atoms with E-state index in [9.17, 15) is 8.42 Å². The predicted molar refractivity (Wildman–Crippen MR) is 70.7 cm³/mol. The van der Waals surface area contributed by atoms with E-state index in [1.165, 1.54) is 24.3 Å². The summed E-state index contributed by atoms with van der Waals surface area (Å²) < 4.78 is 22.9. The summed E-state index contributed by atoms with van der Waals surface area (Å²) in [6.07, 6.45) is 0. The summed E-state index contributed by atoms with van der Waals surface area (Å²) in [5.74, 6) is -0.870. The van der Waals surface area contributed by atoms with Crippen molar-refractivity contribution in [2.24, 2.45) is 11.5 Å². The molecule has 0 atom stereocenters. The third-order valence-electron chi connectivity index (χ3n) is 2.08. The van der Waals surface area contributed by atoms with E-state index in [0.29, 0.717) is 5.69 Å². The summed E-state index contributed by atoms with van der Waals surface area (Å²) in [5.41, 5.74) is 10.9. The summed E-state index contributed by atoms with van der Waals surface area (Å²) >= 11 is 5.32. The van der Waals surface area contributed by atoms with Crippen molar-refractivity contribution in [3.05, 3.63) is 24.3 Å². The maximum atomic E-state index is 11.5. The zero-order chi connectivity index (χ0) is 13.9. The van der Waals surface area contributed by atoms with E-state index in [1.54, 1.807) is 0 Å². The van der Waals surface area contributed by atoms with Crippen LogP contribution in [0.4, 0.5) is 5.69 Å². The molecule has 0 heterocycles. The Labute approximate surface area is 109 Å². The van der Waals surface area contributed by atoms with Gasteiger partial charge in [-0.2, -0.15) is 0 Å². The molecule has 0 saturated carbocycles. The normalized spacial score (nSPS) is 10.9. The van der Waals surface area contributed by atoms with Crippen molar-refractivity contribution in [1.29, 1.82) is 10.8 Å². The van der Waals surface area contributed by atoms with Gasteiger partial charge >= 0.3 is 0 Å². The number of guanidine groups is 2. The van der Waals surface area contributed by atoms with E-state index >= 15 is 0 Å². The molecular weight excluding hydrogens is 278 g/mol. The highest BCUT2D eigenvalue weighted by Crippen LogP contribution is 2.19. The quantitative estimate of drug-likeness (QED) is 0.359. The monoisotopic (exact) mass is 289 g/mol. The van der Waals surface area contributed by atoms with Crippen molar-refractivity contribution in [2.75, 3.05) is 10.1 Å². The average Bonchev–Trinajstić information content (AvgIpc) is 2.29. The Balaban J connectivity index is 3.17.